The molecule has 0 amide bonds. The molecule has 3 aromatic heterocycles. The fourth-order valence-electron chi connectivity index (χ4n) is 4.15. The van der Waals surface area contributed by atoms with Crippen LogP contribution in [0.3, 0.4) is 0 Å². The third-order valence-corrected chi connectivity index (χ3v) is 8.13. The van der Waals surface area contributed by atoms with E-state index in [0.29, 0.717) is 18.0 Å². The number of nitrogens with one attached hydrogen (secondary N) is 1. The number of halogens is 3. The summed E-state index contributed by atoms with van der Waals surface area (Å²) in [5.74, 6) is 0.821. The molecule has 0 saturated carbocycles. The maximum atomic E-state index is 14.0. The van der Waals surface area contributed by atoms with Crippen LogP contribution in [0.2, 0.25) is 25.7 Å². The van der Waals surface area contributed by atoms with Crippen molar-refractivity contribution in [3.05, 3.63) is 30.7 Å². The molecule has 0 bridgehead atoms. The van der Waals surface area contributed by atoms with Crippen molar-refractivity contribution in [3.8, 4) is 11.4 Å². The Hall–Kier alpha value is -2.70. The molecule has 0 radical (unpaired) electrons. The minimum atomic E-state index is -3.15. The van der Waals surface area contributed by atoms with Crippen molar-refractivity contribution in [2.24, 2.45) is 0 Å². The predicted molar refractivity (Wildman–Crippen MR) is 142 cm³/mol. The van der Waals surface area contributed by atoms with Crippen molar-refractivity contribution in [1.82, 2.24) is 19.5 Å². The first-order chi connectivity index (χ1) is 17.6. The van der Waals surface area contributed by atoms with Crippen molar-refractivity contribution in [2.75, 3.05) is 37.1 Å². The van der Waals surface area contributed by atoms with Gasteiger partial charge in [-0.1, -0.05) is 19.6 Å². The molecule has 37 heavy (non-hydrogen) atoms. The minimum Gasteiger partial charge on any atom is -0.381 e. The molecule has 3 aromatic rings. The molecule has 0 aromatic carbocycles. The third kappa shape index (κ3) is 6.99. The Labute approximate surface area is 216 Å². The molecule has 0 spiro atoms. The largest absolute Gasteiger partial charge is 0.381 e. The van der Waals surface area contributed by atoms with E-state index >= 15 is 0 Å². The first-order valence-corrected chi connectivity index (χ1v) is 16.2. The van der Waals surface area contributed by atoms with Crippen LogP contribution < -0.4 is 10.2 Å². The lowest BCUT2D eigenvalue weighted by Gasteiger charge is -2.23. The molecule has 1 N–H and O–H groups in total. The molecule has 4 heterocycles. The molecule has 4 rings (SSSR count). The summed E-state index contributed by atoms with van der Waals surface area (Å²) < 4.78 is 53.4. The van der Waals surface area contributed by atoms with E-state index in [9.17, 15) is 13.2 Å². The Morgan fingerprint density at radius 1 is 1.14 bits per heavy atom. The van der Waals surface area contributed by atoms with Gasteiger partial charge in [-0.05, 0) is 25.0 Å². The number of pyridine rings is 1. The quantitative estimate of drug-likeness (QED) is 0.200. The van der Waals surface area contributed by atoms with Crippen LogP contribution in [-0.2, 0) is 16.2 Å². The van der Waals surface area contributed by atoms with Gasteiger partial charge in [0.05, 0.1) is 16.9 Å². The number of alkyl halides is 3. The molecule has 1 atom stereocenters. The standard InChI is InChI=1S/C25H35F3N6O2Si/c1-33(25(28)24(26)27)23-12-19(30-15-31-23)21-11-17-14-29-22(32-18-5-7-35-8-6-18)13-20(17)34(21)16-36-9-10-37(2,3)4/h11-15,18,24-25H,5-10,16H2,1-4H3,(H,29,32). The van der Waals surface area contributed by atoms with Crippen molar-refractivity contribution >= 4 is 30.6 Å². The summed E-state index contributed by atoms with van der Waals surface area (Å²) in [6.45, 7) is 9.24. The van der Waals surface area contributed by atoms with Gasteiger partial charge in [0, 0.05) is 64.7 Å². The highest BCUT2D eigenvalue weighted by Gasteiger charge is 2.26. The van der Waals surface area contributed by atoms with E-state index in [4.69, 9.17) is 9.47 Å². The summed E-state index contributed by atoms with van der Waals surface area (Å²) in [5.41, 5.74) is 2.08. The molecule has 0 aliphatic carbocycles. The van der Waals surface area contributed by atoms with Crippen LogP contribution in [0.25, 0.3) is 22.3 Å². The fraction of sp³-hybridized carbons (Fsp3) is 0.560. The Balaban J connectivity index is 1.67. The fourth-order valence-corrected chi connectivity index (χ4v) is 4.90. The monoisotopic (exact) mass is 536 g/mol. The SMILES string of the molecule is CN(c1cc(-c2cc3cnc(NC4CCOCC4)cc3n2COCC[Si](C)(C)C)ncn1)C(F)C(F)F. The van der Waals surface area contributed by atoms with Gasteiger partial charge in [0.2, 0.25) is 6.30 Å². The number of hydrogen-bond acceptors (Lipinski definition) is 7. The van der Waals surface area contributed by atoms with E-state index in [1.807, 2.05) is 16.7 Å². The van der Waals surface area contributed by atoms with Gasteiger partial charge in [-0.15, -0.1) is 0 Å². The molecule has 1 fully saturated rings. The molecule has 8 nitrogen and oxygen atoms in total. The number of ether oxygens (including phenoxy) is 2. The van der Waals surface area contributed by atoms with Crippen molar-refractivity contribution < 1.29 is 22.6 Å². The van der Waals surface area contributed by atoms with Crippen LogP contribution in [0.4, 0.5) is 24.8 Å². The number of nitrogens with zero attached hydrogens (tertiary/aromatic N) is 5. The molecular formula is C25H35F3N6O2Si. The summed E-state index contributed by atoms with van der Waals surface area (Å²) in [7, 11) is -0.0259. The summed E-state index contributed by atoms with van der Waals surface area (Å²) in [6.07, 6.45) is -0.747. The molecule has 1 saturated heterocycles. The summed E-state index contributed by atoms with van der Waals surface area (Å²) in [6, 6.07) is 6.73. The number of hydrogen-bond donors (Lipinski definition) is 1. The normalized spacial score (nSPS) is 15.9. The third-order valence-electron chi connectivity index (χ3n) is 6.43. The van der Waals surface area contributed by atoms with E-state index < -0.39 is 20.8 Å². The second kappa shape index (κ2) is 11.8. The van der Waals surface area contributed by atoms with Gasteiger partial charge in [-0.25, -0.2) is 28.1 Å². The van der Waals surface area contributed by atoms with Gasteiger partial charge in [0.25, 0.3) is 6.43 Å². The first kappa shape index (κ1) is 27.3. The Morgan fingerprint density at radius 3 is 2.59 bits per heavy atom. The van der Waals surface area contributed by atoms with E-state index in [0.717, 1.165) is 53.7 Å². The lowest BCUT2D eigenvalue weighted by molar-refractivity contribution is 0.0504. The summed E-state index contributed by atoms with van der Waals surface area (Å²) in [5, 5.41) is 4.38. The van der Waals surface area contributed by atoms with Crippen LogP contribution in [-0.4, -0.2) is 73.2 Å². The molecule has 1 unspecified atom stereocenters. The second-order valence-electron chi connectivity index (χ2n) is 10.5. The number of aromatic nitrogens is 4. The Morgan fingerprint density at radius 2 is 1.89 bits per heavy atom. The number of anilines is 2. The average molecular weight is 537 g/mol. The zero-order chi connectivity index (χ0) is 26.6. The van der Waals surface area contributed by atoms with Gasteiger partial charge < -0.3 is 24.3 Å². The highest BCUT2D eigenvalue weighted by atomic mass is 28.3. The zero-order valence-electron chi connectivity index (χ0n) is 21.8. The minimum absolute atomic E-state index is 0.0641. The van der Waals surface area contributed by atoms with Gasteiger partial charge in [-0.2, -0.15) is 0 Å². The topological polar surface area (TPSA) is 77.3 Å². The predicted octanol–water partition coefficient (Wildman–Crippen LogP) is 5.39. The van der Waals surface area contributed by atoms with Crippen molar-refractivity contribution in [2.45, 2.75) is 64.0 Å². The lowest BCUT2D eigenvalue weighted by atomic mass is 10.1. The second-order valence-corrected chi connectivity index (χ2v) is 16.2. The lowest BCUT2D eigenvalue weighted by Crippen LogP contribution is -2.34. The Kier molecular flexibility index (Phi) is 8.70. The smallest absolute Gasteiger partial charge is 0.287 e. The van der Waals surface area contributed by atoms with E-state index in [1.54, 1.807) is 6.20 Å². The molecule has 1 aliphatic rings. The van der Waals surface area contributed by atoms with Crippen LogP contribution in [0.5, 0.6) is 0 Å². The van der Waals surface area contributed by atoms with Gasteiger partial charge in [0.1, 0.15) is 24.7 Å². The highest BCUT2D eigenvalue weighted by Crippen LogP contribution is 2.30. The van der Waals surface area contributed by atoms with Crippen LogP contribution in [0.1, 0.15) is 12.8 Å². The van der Waals surface area contributed by atoms with Crippen LogP contribution in [0.15, 0.2) is 30.7 Å². The zero-order valence-corrected chi connectivity index (χ0v) is 22.8. The van der Waals surface area contributed by atoms with Crippen molar-refractivity contribution in [1.29, 1.82) is 0 Å². The molecule has 202 valence electrons. The molecule has 12 heteroatoms. The van der Waals surface area contributed by atoms with E-state index in [-0.39, 0.29) is 18.6 Å². The highest BCUT2D eigenvalue weighted by molar-refractivity contribution is 6.76. The maximum Gasteiger partial charge on any atom is 0.287 e. The summed E-state index contributed by atoms with van der Waals surface area (Å²) in [4.78, 5) is 13.8. The number of rotatable bonds is 11. The average Bonchev–Trinajstić information content (AvgIpc) is 3.23. The van der Waals surface area contributed by atoms with Crippen LogP contribution in [0, 0.1) is 0 Å². The van der Waals surface area contributed by atoms with Gasteiger partial charge in [-0.3, -0.25) is 0 Å². The van der Waals surface area contributed by atoms with Gasteiger partial charge >= 0.3 is 0 Å². The Bertz CT molecular complexity index is 1180. The van der Waals surface area contributed by atoms with Crippen LogP contribution >= 0.6 is 0 Å². The first-order valence-electron chi connectivity index (χ1n) is 12.5. The number of fused-ring (bicyclic) bond motifs is 1. The van der Waals surface area contributed by atoms with E-state index in [1.165, 1.54) is 19.4 Å². The molecular weight excluding hydrogens is 501 g/mol. The van der Waals surface area contributed by atoms with Gasteiger partial charge in [0.15, 0.2) is 0 Å². The van der Waals surface area contributed by atoms with E-state index in [2.05, 4.69) is 39.9 Å². The summed E-state index contributed by atoms with van der Waals surface area (Å²) >= 11 is 0. The maximum absolute atomic E-state index is 14.0. The molecule has 1 aliphatic heterocycles. The van der Waals surface area contributed by atoms with Crippen molar-refractivity contribution in [3.63, 3.8) is 0 Å².